The minimum absolute atomic E-state index is 0.210. The topological polar surface area (TPSA) is 60.4 Å². The summed E-state index contributed by atoms with van der Waals surface area (Å²) in [5, 5.41) is 9.56. The Bertz CT molecular complexity index is 415. The van der Waals surface area contributed by atoms with Gasteiger partial charge in [0.05, 0.1) is 0 Å². The lowest BCUT2D eigenvalue weighted by Crippen LogP contribution is -2.33. The molecule has 1 aromatic carbocycles. The van der Waals surface area contributed by atoms with Gasteiger partial charge >= 0.3 is 5.97 Å². The molecule has 0 spiro atoms. The number of rotatable bonds is 6. The third-order valence-electron chi connectivity index (χ3n) is 3.96. The summed E-state index contributed by atoms with van der Waals surface area (Å²) in [4.78, 5) is 11.4. The maximum absolute atomic E-state index is 12.4. The van der Waals surface area contributed by atoms with Crippen LogP contribution < -0.4 is 0 Å². The summed E-state index contributed by atoms with van der Waals surface area (Å²) < 4.78 is 12.4. The molecule has 2 unspecified atom stereocenters. The first kappa shape index (κ1) is 15.4. The van der Waals surface area contributed by atoms with Gasteiger partial charge in [-0.3, -0.25) is 4.79 Å². The van der Waals surface area contributed by atoms with E-state index in [0.717, 1.165) is 31.2 Å². The van der Waals surface area contributed by atoms with Crippen molar-refractivity contribution < 1.29 is 14.5 Å². The van der Waals surface area contributed by atoms with Crippen molar-refractivity contribution >= 4 is 17.1 Å². The van der Waals surface area contributed by atoms with Crippen molar-refractivity contribution in [3.63, 3.8) is 0 Å². The normalized spacial score (nSPS) is 19.4. The summed E-state index contributed by atoms with van der Waals surface area (Å²) in [6, 6.07) is 9.59. The highest BCUT2D eigenvalue weighted by atomic mass is 32.2. The first-order chi connectivity index (χ1) is 9.66. The van der Waals surface area contributed by atoms with Gasteiger partial charge in [-0.2, -0.15) is 0 Å². The Hall–Kier alpha value is -1.00. The zero-order valence-electron chi connectivity index (χ0n) is 11.7. The summed E-state index contributed by atoms with van der Waals surface area (Å²) in [5.41, 5.74) is 1.00. The molecule has 1 aromatic rings. The van der Waals surface area contributed by atoms with E-state index in [9.17, 15) is 14.5 Å². The first-order valence-electron chi connectivity index (χ1n) is 7.30. The van der Waals surface area contributed by atoms with E-state index in [1.165, 1.54) is 6.42 Å². The van der Waals surface area contributed by atoms with Crippen LogP contribution in [0.3, 0.4) is 0 Å². The van der Waals surface area contributed by atoms with Crippen molar-refractivity contribution in [2.45, 2.75) is 43.8 Å². The number of carboxylic acid groups (broad SMARTS) is 1. The van der Waals surface area contributed by atoms with Crippen molar-refractivity contribution in [1.29, 1.82) is 0 Å². The molecule has 1 aliphatic rings. The van der Waals surface area contributed by atoms with Crippen molar-refractivity contribution in [3.8, 4) is 0 Å². The Kier molecular flexibility index (Phi) is 5.92. The highest BCUT2D eigenvalue weighted by Gasteiger charge is 2.30. The summed E-state index contributed by atoms with van der Waals surface area (Å²) in [7, 11) is 0. The van der Waals surface area contributed by atoms with E-state index in [1.54, 1.807) is 0 Å². The van der Waals surface area contributed by atoms with Crippen molar-refractivity contribution in [3.05, 3.63) is 35.9 Å². The number of aliphatic carboxylic acids is 1. The second-order valence-electron chi connectivity index (χ2n) is 5.53. The minimum Gasteiger partial charge on any atom is -0.616 e. The van der Waals surface area contributed by atoms with Crippen LogP contribution >= 0.6 is 0 Å². The molecule has 1 aliphatic carbocycles. The Labute approximate surface area is 123 Å². The van der Waals surface area contributed by atoms with Gasteiger partial charge in [0.25, 0.3) is 0 Å². The van der Waals surface area contributed by atoms with Crippen molar-refractivity contribution in [1.82, 2.24) is 0 Å². The fraction of sp³-hybridized carbons (Fsp3) is 0.562. The predicted molar refractivity (Wildman–Crippen MR) is 81.2 cm³/mol. The molecule has 4 heteroatoms. The van der Waals surface area contributed by atoms with Gasteiger partial charge in [-0.1, -0.05) is 36.8 Å². The fourth-order valence-corrected chi connectivity index (χ4v) is 4.57. The van der Waals surface area contributed by atoms with Crippen LogP contribution in [0.4, 0.5) is 0 Å². The van der Waals surface area contributed by atoms with Gasteiger partial charge in [-0.25, -0.2) is 0 Å². The van der Waals surface area contributed by atoms with Gasteiger partial charge in [0, 0.05) is 0 Å². The molecule has 2 rings (SSSR count). The number of carboxylic acids is 1. The molecule has 1 fully saturated rings. The zero-order valence-corrected chi connectivity index (χ0v) is 12.5. The third kappa shape index (κ3) is 4.53. The average Bonchev–Trinajstić information content (AvgIpc) is 2.48. The maximum atomic E-state index is 12.4. The van der Waals surface area contributed by atoms with Crippen molar-refractivity contribution in [2.24, 2.45) is 5.92 Å². The van der Waals surface area contributed by atoms with E-state index in [-0.39, 0.29) is 11.0 Å². The van der Waals surface area contributed by atoms with E-state index in [4.69, 9.17) is 0 Å². The molecule has 2 atom stereocenters. The van der Waals surface area contributed by atoms with Crippen LogP contribution in [0, 0.1) is 5.92 Å². The molecule has 110 valence electrons. The van der Waals surface area contributed by atoms with E-state index >= 15 is 0 Å². The monoisotopic (exact) mass is 294 g/mol. The maximum Gasteiger partial charge on any atom is 0.311 e. The molecule has 20 heavy (non-hydrogen) atoms. The molecule has 1 N–H and O–H groups in total. The van der Waals surface area contributed by atoms with Gasteiger partial charge in [0.2, 0.25) is 0 Å². The summed E-state index contributed by atoms with van der Waals surface area (Å²) in [6.07, 6.45) is 5.93. The molecule has 0 aliphatic heterocycles. The fourth-order valence-electron chi connectivity index (χ4n) is 2.78. The molecule has 0 heterocycles. The van der Waals surface area contributed by atoms with Crippen LogP contribution in [0.25, 0.3) is 0 Å². The highest BCUT2D eigenvalue weighted by Crippen LogP contribution is 2.26. The van der Waals surface area contributed by atoms with Gasteiger partial charge in [-0.15, -0.1) is 0 Å². The Morgan fingerprint density at radius 2 is 1.90 bits per heavy atom. The SMILES string of the molecule is O=C(O)C(Cc1ccccc1)C[S+]([O-])C1CCCCC1. The minimum atomic E-state index is -1.01. The summed E-state index contributed by atoms with van der Waals surface area (Å²) in [6.45, 7) is 0. The van der Waals surface area contributed by atoms with Gasteiger partial charge in [-0.05, 0) is 48.8 Å². The number of benzene rings is 1. The van der Waals surface area contributed by atoms with E-state index < -0.39 is 23.1 Å². The lowest BCUT2D eigenvalue weighted by atomic mass is 10.0. The van der Waals surface area contributed by atoms with Gasteiger partial charge < -0.3 is 9.66 Å². The Morgan fingerprint density at radius 3 is 2.50 bits per heavy atom. The van der Waals surface area contributed by atoms with E-state index in [2.05, 4.69) is 0 Å². The molecule has 0 saturated heterocycles. The standard InChI is InChI=1S/C16H22O3S/c17-16(18)14(11-13-7-3-1-4-8-13)12-20(19)15-9-5-2-6-10-15/h1,3-4,7-8,14-15H,2,5-6,9-12H2,(H,17,18). The van der Waals surface area contributed by atoms with E-state index in [0.29, 0.717) is 6.42 Å². The lowest BCUT2D eigenvalue weighted by Gasteiger charge is -2.26. The largest absolute Gasteiger partial charge is 0.616 e. The molecule has 0 amide bonds. The molecule has 0 aromatic heterocycles. The van der Waals surface area contributed by atoms with E-state index in [1.807, 2.05) is 30.3 Å². The average molecular weight is 294 g/mol. The highest BCUT2D eigenvalue weighted by molar-refractivity contribution is 7.92. The second kappa shape index (κ2) is 7.70. The van der Waals surface area contributed by atoms with Crippen molar-refractivity contribution in [2.75, 3.05) is 5.75 Å². The first-order valence-corrected chi connectivity index (χ1v) is 8.69. The number of carbonyl (C=O) groups is 1. The Balaban J connectivity index is 1.93. The van der Waals surface area contributed by atoms with Crippen LogP contribution in [0.15, 0.2) is 30.3 Å². The predicted octanol–water partition coefficient (Wildman–Crippen LogP) is 3.01. The van der Waals surface area contributed by atoms with Gasteiger partial charge in [0.1, 0.15) is 16.9 Å². The molecule has 1 saturated carbocycles. The third-order valence-corrected chi connectivity index (χ3v) is 5.91. The summed E-state index contributed by atoms with van der Waals surface area (Å²) >= 11 is -1.01. The lowest BCUT2D eigenvalue weighted by molar-refractivity contribution is -0.140. The van der Waals surface area contributed by atoms with Crippen LogP contribution in [-0.2, 0) is 22.4 Å². The zero-order chi connectivity index (χ0) is 14.4. The number of hydrogen-bond acceptors (Lipinski definition) is 2. The number of hydrogen-bond donors (Lipinski definition) is 1. The smallest absolute Gasteiger partial charge is 0.311 e. The molecular weight excluding hydrogens is 272 g/mol. The molecule has 0 bridgehead atoms. The molecular formula is C16H22O3S. The molecule has 3 nitrogen and oxygen atoms in total. The Morgan fingerprint density at radius 1 is 1.25 bits per heavy atom. The van der Waals surface area contributed by atoms with Crippen LogP contribution in [-0.4, -0.2) is 26.6 Å². The van der Waals surface area contributed by atoms with Crippen LogP contribution in [0.1, 0.15) is 37.7 Å². The van der Waals surface area contributed by atoms with Gasteiger partial charge in [0.15, 0.2) is 0 Å². The molecule has 0 radical (unpaired) electrons. The quantitative estimate of drug-likeness (QED) is 0.820. The second-order valence-corrected chi connectivity index (χ2v) is 7.29. The summed E-state index contributed by atoms with van der Waals surface area (Å²) in [5.74, 6) is -1.09. The van der Waals surface area contributed by atoms with Crippen LogP contribution in [0.2, 0.25) is 0 Å². The van der Waals surface area contributed by atoms with Crippen LogP contribution in [0.5, 0.6) is 0 Å².